The summed E-state index contributed by atoms with van der Waals surface area (Å²) in [6.07, 6.45) is 1.51. The highest BCUT2D eigenvalue weighted by Gasteiger charge is 2.38. The van der Waals surface area contributed by atoms with Crippen LogP contribution in [0, 0.1) is 0 Å². The Hall–Kier alpha value is -3.48. The molecule has 0 fully saturated rings. The summed E-state index contributed by atoms with van der Waals surface area (Å²) in [6.45, 7) is 4.08. The third-order valence-corrected chi connectivity index (χ3v) is 4.59. The number of hydrogen-bond acceptors (Lipinski definition) is 7. The first-order valence-corrected chi connectivity index (χ1v) is 9.67. The monoisotopic (exact) mass is 453 g/mol. The number of nitrogens with zero attached hydrogens (tertiary/aromatic N) is 7. The highest BCUT2D eigenvalue weighted by atomic mass is 19.4. The van der Waals surface area contributed by atoms with Gasteiger partial charge in [0.1, 0.15) is 12.4 Å². The second kappa shape index (κ2) is 10.2. The van der Waals surface area contributed by atoms with E-state index in [2.05, 4.69) is 35.9 Å². The third-order valence-electron chi connectivity index (χ3n) is 4.59. The van der Waals surface area contributed by atoms with Gasteiger partial charge in [-0.05, 0) is 6.07 Å². The summed E-state index contributed by atoms with van der Waals surface area (Å²) in [6, 6.07) is 5.62. The lowest BCUT2D eigenvalue weighted by atomic mass is 10.3. The van der Waals surface area contributed by atoms with E-state index in [0.717, 1.165) is 44.2 Å². The highest BCUT2D eigenvalue weighted by Crippen LogP contribution is 2.14. The van der Waals surface area contributed by atoms with Crippen LogP contribution in [0.5, 0.6) is 5.88 Å². The number of aliphatic carboxylic acids is 1. The van der Waals surface area contributed by atoms with Crippen LogP contribution in [0.25, 0.3) is 0 Å². The standard InChI is InChI=1S/C17H21N7O.C2HF3O2/c1-22-11-14(10-19-22)12-23-7-5-15-20-21-16(24(15)9-8-23)13-25-17-4-2-3-6-18-17;3-2(4,5)1(6)7/h2-4,6,10-11H,5,7-9,12-13H2,1H3;(H,6,7). The van der Waals surface area contributed by atoms with Gasteiger partial charge in [0.15, 0.2) is 5.82 Å². The molecule has 1 aliphatic heterocycles. The third kappa shape index (κ3) is 6.51. The molecule has 3 aromatic heterocycles. The van der Waals surface area contributed by atoms with Gasteiger partial charge in [0.25, 0.3) is 0 Å². The lowest BCUT2D eigenvalue weighted by molar-refractivity contribution is -0.192. The molecule has 0 saturated carbocycles. The summed E-state index contributed by atoms with van der Waals surface area (Å²) >= 11 is 0. The number of rotatable bonds is 5. The van der Waals surface area contributed by atoms with Gasteiger partial charge in [0, 0.05) is 63.7 Å². The zero-order valence-electron chi connectivity index (χ0n) is 17.2. The van der Waals surface area contributed by atoms with Crippen molar-refractivity contribution in [2.24, 2.45) is 7.05 Å². The number of carbonyl (C=O) groups is 1. The van der Waals surface area contributed by atoms with Gasteiger partial charge in [0.2, 0.25) is 5.88 Å². The van der Waals surface area contributed by atoms with E-state index < -0.39 is 12.1 Å². The Labute approximate surface area is 181 Å². The minimum absolute atomic E-state index is 0.382. The van der Waals surface area contributed by atoms with E-state index in [0.29, 0.717) is 12.5 Å². The van der Waals surface area contributed by atoms with Crippen molar-refractivity contribution in [3.63, 3.8) is 0 Å². The van der Waals surface area contributed by atoms with Crippen molar-refractivity contribution < 1.29 is 27.8 Å². The lowest BCUT2D eigenvalue weighted by Crippen LogP contribution is -2.26. The van der Waals surface area contributed by atoms with Crippen molar-refractivity contribution in [2.45, 2.75) is 32.3 Å². The fraction of sp³-hybridized carbons (Fsp3) is 0.421. The number of fused-ring (bicyclic) bond motifs is 1. The van der Waals surface area contributed by atoms with Gasteiger partial charge in [-0.25, -0.2) is 9.78 Å². The number of hydrogen-bond donors (Lipinski definition) is 1. The van der Waals surface area contributed by atoms with Gasteiger partial charge in [-0.3, -0.25) is 9.58 Å². The molecule has 1 aliphatic rings. The molecule has 0 bridgehead atoms. The fourth-order valence-electron chi connectivity index (χ4n) is 3.07. The fourth-order valence-corrected chi connectivity index (χ4v) is 3.07. The van der Waals surface area contributed by atoms with E-state index >= 15 is 0 Å². The van der Waals surface area contributed by atoms with Crippen molar-refractivity contribution in [1.29, 1.82) is 0 Å². The SMILES string of the molecule is Cn1cc(CN2CCc3nnc(COc4ccccn4)n3CC2)cn1.O=C(O)C(F)(F)F. The van der Waals surface area contributed by atoms with Crippen molar-refractivity contribution in [3.05, 3.63) is 54.0 Å². The number of pyridine rings is 1. The quantitative estimate of drug-likeness (QED) is 0.621. The molecule has 0 unspecified atom stereocenters. The van der Waals surface area contributed by atoms with Gasteiger partial charge < -0.3 is 14.4 Å². The molecule has 3 aromatic rings. The number of carboxylic acids is 1. The first kappa shape index (κ1) is 23.2. The summed E-state index contributed by atoms with van der Waals surface area (Å²) in [5.41, 5.74) is 1.24. The molecule has 4 rings (SSSR count). The van der Waals surface area contributed by atoms with Crippen LogP contribution < -0.4 is 4.74 Å². The average Bonchev–Trinajstić information content (AvgIpc) is 3.28. The van der Waals surface area contributed by atoms with Crippen molar-refractivity contribution in [1.82, 2.24) is 34.4 Å². The molecule has 0 saturated heterocycles. The maximum atomic E-state index is 10.6. The van der Waals surface area contributed by atoms with Crippen LogP contribution in [0.15, 0.2) is 36.8 Å². The molecule has 1 N–H and O–H groups in total. The first-order chi connectivity index (χ1) is 15.2. The second-order valence-corrected chi connectivity index (χ2v) is 6.99. The summed E-state index contributed by atoms with van der Waals surface area (Å²) in [5.74, 6) is -0.281. The number of ether oxygens (including phenoxy) is 1. The molecule has 0 aromatic carbocycles. The second-order valence-electron chi connectivity index (χ2n) is 6.99. The molecule has 0 spiro atoms. The summed E-state index contributed by atoms with van der Waals surface area (Å²) in [4.78, 5) is 15.5. The minimum atomic E-state index is -5.08. The molecular formula is C19H22F3N7O3. The molecule has 0 amide bonds. The Morgan fingerprint density at radius 1 is 1.22 bits per heavy atom. The summed E-state index contributed by atoms with van der Waals surface area (Å²) in [5, 5.41) is 20.0. The van der Waals surface area contributed by atoms with E-state index in [1.54, 1.807) is 6.20 Å². The molecule has 0 aliphatic carbocycles. The number of aryl methyl sites for hydroxylation is 1. The topological polar surface area (TPSA) is 111 Å². The van der Waals surface area contributed by atoms with Gasteiger partial charge in [-0.15, -0.1) is 10.2 Å². The highest BCUT2D eigenvalue weighted by molar-refractivity contribution is 5.73. The van der Waals surface area contributed by atoms with Crippen molar-refractivity contribution in [2.75, 3.05) is 13.1 Å². The predicted octanol–water partition coefficient (Wildman–Crippen LogP) is 1.68. The minimum Gasteiger partial charge on any atom is -0.475 e. The summed E-state index contributed by atoms with van der Waals surface area (Å²) < 4.78 is 41.5. The molecule has 13 heteroatoms. The number of alkyl halides is 3. The van der Waals surface area contributed by atoms with Crippen molar-refractivity contribution in [3.8, 4) is 5.88 Å². The normalized spacial score (nSPS) is 14.1. The maximum absolute atomic E-state index is 10.6. The predicted molar refractivity (Wildman–Crippen MR) is 104 cm³/mol. The molecular weight excluding hydrogens is 431 g/mol. The lowest BCUT2D eigenvalue weighted by Gasteiger charge is -2.18. The van der Waals surface area contributed by atoms with Crippen LogP contribution in [0.1, 0.15) is 17.2 Å². The van der Waals surface area contributed by atoms with Crippen LogP contribution >= 0.6 is 0 Å². The Bertz CT molecular complexity index is 1020. The number of halogens is 3. The van der Waals surface area contributed by atoms with Crippen LogP contribution in [0.2, 0.25) is 0 Å². The first-order valence-electron chi connectivity index (χ1n) is 9.67. The Morgan fingerprint density at radius 2 is 2.00 bits per heavy atom. The Kier molecular flexibility index (Phi) is 7.41. The van der Waals surface area contributed by atoms with E-state index in [1.807, 2.05) is 36.1 Å². The molecule has 0 atom stereocenters. The average molecular weight is 453 g/mol. The zero-order chi connectivity index (χ0) is 23.1. The smallest absolute Gasteiger partial charge is 0.475 e. The molecule has 32 heavy (non-hydrogen) atoms. The van der Waals surface area contributed by atoms with E-state index in [-0.39, 0.29) is 0 Å². The maximum Gasteiger partial charge on any atom is 0.490 e. The zero-order valence-corrected chi connectivity index (χ0v) is 17.2. The van der Waals surface area contributed by atoms with E-state index in [4.69, 9.17) is 14.6 Å². The van der Waals surface area contributed by atoms with Gasteiger partial charge in [-0.1, -0.05) is 6.07 Å². The molecule has 0 radical (unpaired) electrons. The number of carboxylic acid groups (broad SMARTS) is 1. The molecule has 172 valence electrons. The largest absolute Gasteiger partial charge is 0.490 e. The van der Waals surface area contributed by atoms with Gasteiger partial charge in [-0.2, -0.15) is 18.3 Å². The van der Waals surface area contributed by atoms with Crippen LogP contribution in [-0.2, 0) is 38.0 Å². The van der Waals surface area contributed by atoms with Crippen LogP contribution in [0.4, 0.5) is 13.2 Å². The Balaban J connectivity index is 0.000000360. The van der Waals surface area contributed by atoms with Crippen LogP contribution in [0.3, 0.4) is 0 Å². The molecule has 4 heterocycles. The molecule has 10 nitrogen and oxygen atoms in total. The van der Waals surface area contributed by atoms with Crippen molar-refractivity contribution >= 4 is 5.97 Å². The van der Waals surface area contributed by atoms with Gasteiger partial charge in [0.05, 0.1) is 6.20 Å². The van der Waals surface area contributed by atoms with E-state index in [1.165, 1.54) is 5.56 Å². The number of aromatic nitrogens is 6. The Morgan fingerprint density at radius 3 is 2.62 bits per heavy atom. The van der Waals surface area contributed by atoms with E-state index in [9.17, 15) is 13.2 Å². The van der Waals surface area contributed by atoms with Crippen LogP contribution in [-0.4, -0.2) is 64.8 Å². The summed E-state index contributed by atoms with van der Waals surface area (Å²) in [7, 11) is 1.95. The van der Waals surface area contributed by atoms with Gasteiger partial charge >= 0.3 is 12.1 Å².